The smallest absolute Gasteiger partial charge is 0.129 e. The van der Waals surface area contributed by atoms with E-state index in [-0.39, 0.29) is 0 Å². The molecule has 0 atom stereocenters. The second kappa shape index (κ2) is 5.50. The van der Waals surface area contributed by atoms with Crippen LogP contribution in [0.2, 0.25) is 0 Å². The second-order valence-electron chi connectivity index (χ2n) is 2.99. The van der Waals surface area contributed by atoms with E-state index in [9.17, 15) is 8.78 Å². The summed E-state index contributed by atoms with van der Waals surface area (Å²) in [6, 6.07) is 3.61. The first-order chi connectivity index (χ1) is 6.74. The molecule has 0 radical (unpaired) electrons. The highest BCUT2D eigenvalue weighted by Crippen LogP contribution is 2.10. The predicted octanol–water partition coefficient (Wildman–Crippen LogP) is 2.41. The fourth-order valence-corrected chi connectivity index (χ4v) is 1.11. The summed E-state index contributed by atoms with van der Waals surface area (Å²) < 4.78 is 25.6. The third kappa shape index (κ3) is 3.26. The van der Waals surface area contributed by atoms with Gasteiger partial charge in [0.2, 0.25) is 0 Å². The number of rotatable bonds is 4. The summed E-state index contributed by atoms with van der Waals surface area (Å²) in [5.74, 6) is -1.04. The molecule has 1 nitrogen and oxygen atoms in total. The van der Waals surface area contributed by atoms with Crippen LogP contribution in [-0.4, -0.2) is 6.54 Å². The van der Waals surface area contributed by atoms with Gasteiger partial charge in [-0.05, 0) is 31.0 Å². The topological polar surface area (TPSA) is 26.0 Å². The maximum absolute atomic E-state index is 13.1. The molecule has 0 unspecified atom stereocenters. The van der Waals surface area contributed by atoms with Crippen molar-refractivity contribution >= 4 is 0 Å². The first-order valence-electron chi connectivity index (χ1n) is 4.53. The summed E-state index contributed by atoms with van der Waals surface area (Å²) >= 11 is 0. The van der Waals surface area contributed by atoms with Crippen LogP contribution < -0.4 is 5.73 Å². The highest BCUT2D eigenvalue weighted by molar-refractivity contribution is 5.20. The Balaban J connectivity index is 2.59. The van der Waals surface area contributed by atoms with Gasteiger partial charge >= 0.3 is 0 Å². The maximum atomic E-state index is 13.1. The van der Waals surface area contributed by atoms with Crippen LogP contribution in [0.3, 0.4) is 0 Å². The molecule has 0 aliphatic rings. The Kier molecular flexibility index (Phi) is 4.26. The van der Waals surface area contributed by atoms with Gasteiger partial charge in [0.05, 0.1) is 0 Å². The monoisotopic (exact) mass is 197 g/mol. The Bertz CT molecular complexity index is 321. The van der Waals surface area contributed by atoms with E-state index in [0.29, 0.717) is 18.5 Å². The van der Waals surface area contributed by atoms with E-state index in [1.165, 1.54) is 12.1 Å². The molecule has 3 heteroatoms. The number of hydrogen-bond acceptors (Lipinski definition) is 1. The van der Waals surface area contributed by atoms with Crippen molar-refractivity contribution in [2.45, 2.75) is 12.8 Å². The Labute approximate surface area is 82.2 Å². The molecule has 1 aromatic rings. The lowest BCUT2D eigenvalue weighted by molar-refractivity contribution is 0.575. The van der Waals surface area contributed by atoms with Gasteiger partial charge in [-0.3, -0.25) is 0 Å². The van der Waals surface area contributed by atoms with E-state index >= 15 is 0 Å². The molecule has 0 aliphatic heterocycles. The van der Waals surface area contributed by atoms with Crippen molar-refractivity contribution in [1.29, 1.82) is 0 Å². The summed E-state index contributed by atoms with van der Waals surface area (Å²) in [7, 11) is 0. The maximum Gasteiger partial charge on any atom is 0.129 e. The second-order valence-corrected chi connectivity index (χ2v) is 2.99. The third-order valence-electron chi connectivity index (χ3n) is 1.85. The van der Waals surface area contributed by atoms with Crippen molar-refractivity contribution < 1.29 is 8.78 Å². The Hall–Kier alpha value is -1.22. The van der Waals surface area contributed by atoms with Gasteiger partial charge < -0.3 is 5.73 Å². The quantitative estimate of drug-likeness (QED) is 0.737. The molecule has 76 valence electrons. The zero-order valence-electron chi connectivity index (χ0n) is 7.84. The lowest BCUT2D eigenvalue weighted by Gasteiger charge is -1.98. The summed E-state index contributed by atoms with van der Waals surface area (Å²) in [6.45, 7) is 0.586. The lowest BCUT2D eigenvalue weighted by atomic mass is 10.1. The number of nitrogens with two attached hydrogens (primary N) is 1. The highest BCUT2D eigenvalue weighted by Gasteiger charge is 2.00. The van der Waals surface area contributed by atoms with Crippen molar-refractivity contribution in [1.82, 2.24) is 0 Å². The van der Waals surface area contributed by atoms with Gasteiger partial charge in [-0.1, -0.05) is 18.2 Å². The van der Waals surface area contributed by atoms with Gasteiger partial charge in [0, 0.05) is 6.07 Å². The molecule has 0 spiro atoms. The third-order valence-corrected chi connectivity index (χ3v) is 1.85. The van der Waals surface area contributed by atoms with Crippen molar-refractivity contribution in [2.75, 3.05) is 6.54 Å². The van der Waals surface area contributed by atoms with E-state index in [1.807, 2.05) is 12.2 Å². The molecule has 0 bridgehead atoms. The molecular formula is C11H13F2N. The number of hydrogen-bond donors (Lipinski definition) is 1. The lowest BCUT2D eigenvalue weighted by Crippen LogP contribution is -1.95. The summed E-state index contributed by atoms with van der Waals surface area (Å²) in [5.41, 5.74) is 5.78. The molecule has 14 heavy (non-hydrogen) atoms. The van der Waals surface area contributed by atoms with Crippen LogP contribution in [-0.2, 0) is 6.42 Å². The largest absolute Gasteiger partial charge is 0.330 e. The highest BCUT2D eigenvalue weighted by atomic mass is 19.1. The number of halogens is 2. The molecule has 1 rings (SSSR count). The summed E-state index contributed by atoms with van der Waals surface area (Å²) in [4.78, 5) is 0. The van der Waals surface area contributed by atoms with Gasteiger partial charge in [0.25, 0.3) is 0 Å². The number of benzene rings is 1. The van der Waals surface area contributed by atoms with Crippen molar-refractivity contribution in [3.8, 4) is 0 Å². The zero-order chi connectivity index (χ0) is 10.4. The van der Waals surface area contributed by atoms with E-state index in [4.69, 9.17) is 5.73 Å². The standard InChI is InChI=1S/C11H13F2N/c12-10-6-5-9(11(13)8-10)4-2-1-3-7-14/h1-2,5-6,8H,3-4,7,14H2. The molecule has 1 aromatic carbocycles. The summed E-state index contributed by atoms with van der Waals surface area (Å²) in [5, 5.41) is 0. The zero-order valence-corrected chi connectivity index (χ0v) is 7.84. The molecule has 0 heterocycles. The van der Waals surface area contributed by atoms with Crippen LogP contribution in [0.1, 0.15) is 12.0 Å². The molecule has 2 N–H and O–H groups in total. The normalized spacial score (nSPS) is 11.1. The Morgan fingerprint density at radius 1 is 1.21 bits per heavy atom. The van der Waals surface area contributed by atoms with Gasteiger partial charge in [-0.15, -0.1) is 0 Å². The van der Waals surface area contributed by atoms with Crippen LogP contribution in [0.25, 0.3) is 0 Å². The van der Waals surface area contributed by atoms with Crippen LogP contribution in [0.4, 0.5) is 8.78 Å². The van der Waals surface area contributed by atoms with Gasteiger partial charge in [-0.25, -0.2) is 8.78 Å². The number of allylic oxidation sites excluding steroid dienone is 1. The SMILES string of the molecule is NCCC=CCc1ccc(F)cc1F. The Morgan fingerprint density at radius 2 is 2.00 bits per heavy atom. The Morgan fingerprint density at radius 3 is 2.64 bits per heavy atom. The molecule has 0 saturated carbocycles. The fourth-order valence-electron chi connectivity index (χ4n) is 1.11. The van der Waals surface area contributed by atoms with Crippen LogP contribution in [0.5, 0.6) is 0 Å². The minimum atomic E-state index is -0.544. The first-order valence-corrected chi connectivity index (χ1v) is 4.53. The van der Waals surface area contributed by atoms with Crippen LogP contribution in [0, 0.1) is 11.6 Å². The molecule has 0 amide bonds. The first kappa shape index (κ1) is 10.9. The van der Waals surface area contributed by atoms with Crippen LogP contribution in [0.15, 0.2) is 30.4 Å². The predicted molar refractivity (Wildman–Crippen MR) is 52.9 cm³/mol. The fraction of sp³-hybridized carbons (Fsp3) is 0.273. The van der Waals surface area contributed by atoms with E-state index in [2.05, 4.69) is 0 Å². The van der Waals surface area contributed by atoms with E-state index < -0.39 is 11.6 Å². The average molecular weight is 197 g/mol. The van der Waals surface area contributed by atoms with Crippen molar-refractivity contribution in [3.05, 3.63) is 47.5 Å². The minimum Gasteiger partial charge on any atom is -0.330 e. The molecule has 0 aromatic heterocycles. The minimum absolute atomic E-state index is 0.478. The summed E-state index contributed by atoms with van der Waals surface area (Å²) in [6.07, 6.45) is 4.99. The van der Waals surface area contributed by atoms with Gasteiger partial charge in [0.1, 0.15) is 11.6 Å². The average Bonchev–Trinajstić information content (AvgIpc) is 2.15. The van der Waals surface area contributed by atoms with Gasteiger partial charge in [-0.2, -0.15) is 0 Å². The van der Waals surface area contributed by atoms with Crippen molar-refractivity contribution in [2.24, 2.45) is 5.73 Å². The van der Waals surface area contributed by atoms with E-state index in [0.717, 1.165) is 12.5 Å². The van der Waals surface area contributed by atoms with Gasteiger partial charge in [0.15, 0.2) is 0 Å². The molecule has 0 fully saturated rings. The van der Waals surface area contributed by atoms with Crippen molar-refractivity contribution in [3.63, 3.8) is 0 Å². The molecular weight excluding hydrogens is 184 g/mol. The van der Waals surface area contributed by atoms with Crippen LogP contribution >= 0.6 is 0 Å². The molecule has 0 saturated heterocycles. The molecule has 0 aliphatic carbocycles. The van der Waals surface area contributed by atoms with E-state index in [1.54, 1.807) is 0 Å².